The summed E-state index contributed by atoms with van der Waals surface area (Å²) < 4.78 is 11.3. The fourth-order valence-electron chi connectivity index (χ4n) is 8.30. The van der Waals surface area contributed by atoms with Crippen LogP contribution >= 0.6 is 11.3 Å². The highest BCUT2D eigenvalue weighted by molar-refractivity contribution is 7.26. The van der Waals surface area contributed by atoms with Gasteiger partial charge in [-0.05, 0) is 59.3 Å². The van der Waals surface area contributed by atoms with E-state index < -0.39 is 0 Å². The van der Waals surface area contributed by atoms with Crippen LogP contribution in [0.4, 0.5) is 0 Å². The lowest BCUT2D eigenvalue weighted by molar-refractivity contribution is 0.669. The van der Waals surface area contributed by atoms with E-state index in [1.54, 1.807) is 11.3 Å². The molecule has 0 aliphatic heterocycles. The van der Waals surface area contributed by atoms with Gasteiger partial charge in [0, 0.05) is 58.4 Å². The van der Waals surface area contributed by atoms with Gasteiger partial charge in [0.15, 0.2) is 17.5 Å². The van der Waals surface area contributed by atoms with Crippen molar-refractivity contribution in [1.82, 2.24) is 19.5 Å². The Bertz CT molecular complexity index is 3500. The van der Waals surface area contributed by atoms with Crippen LogP contribution in [0.1, 0.15) is 0 Å². The van der Waals surface area contributed by atoms with E-state index in [0.717, 1.165) is 60.0 Å². The van der Waals surface area contributed by atoms with Crippen LogP contribution in [0.15, 0.2) is 174 Å². The zero-order chi connectivity index (χ0) is 36.0. The number of nitrogens with zero attached hydrogens (tertiary/aromatic N) is 4. The minimum atomic E-state index is 0.575. The Morgan fingerprint density at radius 3 is 1.96 bits per heavy atom. The lowest BCUT2D eigenvalue weighted by atomic mass is 10.0. The third kappa shape index (κ3) is 4.62. The summed E-state index contributed by atoms with van der Waals surface area (Å²) in [7, 11) is 0. The van der Waals surface area contributed by atoms with Crippen LogP contribution in [-0.2, 0) is 0 Å². The summed E-state index contributed by atoms with van der Waals surface area (Å²) in [4.78, 5) is 15.9. The van der Waals surface area contributed by atoms with Crippen molar-refractivity contribution >= 4 is 86.0 Å². The standard InChI is InChI=1S/C49H28N4OS/c1-2-13-29(14-3-1)47-50-48(36-21-12-20-35-34-19-8-11-24-45(34)55-46(35)36)52-49(51-47)39-28-44-38(33-18-7-10-23-43(33)54-44)27-42(39)53-40-22-9-6-17-32(40)37-25-30-15-4-5-16-31(30)26-41(37)53/h1-28H. The molecule has 0 unspecified atom stereocenters. The van der Waals surface area contributed by atoms with Gasteiger partial charge >= 0.3 is 0 Å². The van der Waals surface area contributed by atoms with Gasteiger partial charge in [-0.1, -0.05) is 121 Å². The predicted molar refractivity (Wildman–Crippen MR) is 228 cm³/mol. The predicted octanol–water partition coefficient (Wildman–Crippen LogP) is 13.4. The van der Waals surface area contributed by atoms with Crippen molar-refractivity contribution in [3.8, 4) is 39.9 Å². The molecule has 0 saturated heterocycles. The lowest BCUT2D eigenvalue weighted by Crippen LogP contribution is -2.04. The van der Waals surface area contributed by atoms with Crippen LogP contribution in [-0.4, -0.2) is 19.5 Å². The van der Waals surface area contributed by atoms with Gasteiger partial charge in [-0.2, -0.15) is 0 Å². The first kappa shape index (κ1) is 30.3. The Kier molecular flexibility index (Phi) is 6.44. The van der Waals surface area contributed by atoms with E-state index >= 15 is 0 Å². The summed E-state index contributed by atoms with van der Waals surface area (Å²) in [6.45, 7) is 0. The molecular weight excluding hydrogens is 693 g/mol. The normalized spacial score (nSPS) is 12.0. The molecule has 5 nitrogen and oxygen atoms in total. The lowest BCUT2D eigenvalue weighted by Gasteiger charge is -2.15. The van der Waals surface area contributed by atoms with E-state index in [4.69, 9.17) is 19.4 Å². The monoisotopic (exact) mass is 720 g/mol. The van der Waals surface area contributed by atoms with Crippen molar-refractivity contribution in [3.63, 3.8) is 0 Å². The smallest absolute Gasteiger partial charge is 0.166 e. The molecule has 0 bridgehead atoms. The van der Waals surface area contributed by atoms with Crippen molar-refractivity contribution in [2.45, 2.75) is 0 Å². The molecule has 6 heteroatoms. The van der Waals surface area contributed by atoms with Crippen LogP contribution in [0, 0.1) is 0 Å². The Morgan fingerprint density at radius 1 is 0.418 bits per heavy atom. The maximum Gasteiger partial charge on any atom is 0.166 e. The van der Waals surface area contributed by atoms with Crippen LogP contribution in [0.25, 0.3) is 115 Å². The average Bonchev–Trinajstić information content (AvgIpc) is 3.91. The zero-order valence-corrected chi connectivity index (χ0v) is 30.1. The first-order valence-corrected chi connectivity index (χ1v) is 19.2. The van der Waals surface area contributed by atoms with E-state index in [9.17, 15) is 0 Å². The number of aromatic nitrogens is 4. The number of thiophene rings is 1. The number of para-hydroxylation sites is 2. The number of hydrogen-bond donors (Lipinski definition) is 0. The maximum atomic E-state index is 6.56. The first-order valence-electron chi connectivity index (χ1n) is 18.4. The fourth-order valence-corrected chi connectivity index (χ4v) is 9.51. The molecule has 4 heterocycles. The minimum absolute atomic E-state index is 0.575. The summed E-state index contributed by atoms with van der Waals surface area (Å²) in [6.07, 6.45) is 0. The van der Waals surface area contributed by atoms with Gasteiger partial charge in [-0.3, -0.25) is 0 Å². The molecule has 0 atom stereocenters. The van der Waals surface area contributed by atoms with E-state index in [2.05, 4.69) is 144 Å². The highest BCUT2D eigenvalue weighted by atomic mass is 32.1. The van der Waals surface area contributed by atoms with Gasteiger partial charge in [-0.15, -0.1) is 11.3 Å². The third-order valence-corrected chi connectivity index (χ3v) is 12.0. The average molecular weight is 721 g/mol. The zero-order valence-electron chi connectivity index (χ0n) is 29.3. The number of benzene rings is 8. The summed E-state index contributed by atoms with van der Waals surface area (Å²) in [5.74, 6) is 1.82. The summed E-state index contributed by atoms with van der Waals surface area (Å²) >= 11 is 1.78. The Hall–Kier alpha value is -7.15. The molecule has 0 amide bonds. The van der Waals surface area contributed by atoms with Crippen LogP contribution in [0.5, 0.6) is 0 Å². The summed E-state index contributed by atoms with van der Waals surface area (Å²) in [6, 6.07) is 59.7. The van der Waals surface area contributed by atoms with Gasteiger partial charge in [0.05, 0.1) is 16.7 Å². The largest absolute Gasteiger partial charge is 0.456 e. The van der Waals surface area contributed by atoms with Crippen LogP contribution in [0.3, 0.4) is 0 Å². The van der Waals surface area contributed by atoms with Crippen LogP contribution in [0.2, 0.25) is 0 Å². The summed E-state index contributed by atoms with van der Waals surface area (Å²) in [5, 5.41) is 9.30. The Labute approximate surface area is 318 Å². The molecule has 0 aliphatic rings. The number of hydrogen-bond acceptors (Lipinski definition) is 5. The van der Waals surface area contributed by atoms with Gasteiger partial charge in [0.2, 0.25) is 0 Å². The van der Waals surface area contributed by atoms with E-state index in [1.165, 1.54) is 37.0 Å². The van der Waals surface area contributed by atoms with E-state index in [1.807, 2.05) is 30.3 Å². The molecule has 0 radical (unpaired) electrons. The Morgan fingerprint density at radius 2 is 1.09 bits per heavy atom. The molecule has 256 valence electrons. The molecule has 8 aromatic carbocycles. The van der Waals surface area contributed by atoms with Crippen molar-refractivity contribution in [3.05, 3.63) is 170 Å². The molecule has 55 heavy (non-hydrogen) atoms. The fraction of sp³-hybridized carbons (Fsp3) is 0. The molecule has 0 saturated carbocycles. The van der Waals surface area contributed by atoms with Crippen molar-refractivity contribution in [2.24, 2.45) is 0 Å². The SMILES string of the molecule is c1ccc(-c2nc(-c3cc4oc5ccccc5c4cc3-n3c4ccccc4c4cc5ccccc5cc43)nc(-c3cccc4c3sc3ccccc34)n2)cc1. The van der Waals surface area contributed by atoms with Gasteiger partial charge < -0.3 is 8.98 Å². The number of furan rings is 1. The van der Waals surface area contributed by atoms with Crippen molar-refractivity contribution < 1.29 is 4.42 Å². The number of rotatable bonds is 4. The van der Waals surface area contributed by atoms with Crippen LogP contribution < -0.4 is 0 Å². The van der Waals surface area contributed by atoms with E-state index in [0.29, 0.717) is 17.5 Å². The molecular formula is C49H28N4OS. The molecule has 12 aromatic rings. The maximum absolute atomic E-state index is 6.56. The quantitative estimate of drug-likeness (QED) is 0.182. The molecule has 0 spiro atoms. The van der Waals surface area contributed by atoms with E-state index in [-0.39, 0.29) is 0 Å². The second-order valence-electron chi connectivity index (χ2n) is 14.0. The van der Waals surface area contributed by atoms with Crippen molar-refractivity contribution in [1.29, 1.82) is 0 Å². The highest BCUT2D eigenvalue weighted by Gasteiger charge is 2.23. The highest BCUT2D eigenvalue weighted by Crippen LogP contribution is 2.43. The molecule has 0 aliphatic carbocycles. The first-order chi connectivity index (χ1) is 27.2. The molecule has 4 aromatic heterocycles. The molecule has 0 fully saturated rings. The third-order valence-electron chi connectivity index (χ3n) is 10.8. The molecule has 12 rings (SSSR count). The Balaban J connectivity index is 1.21. The van der Waals surface area contributed by atoms with Gasteiger partial charge in [0.1, 0.15) is 11.2 Å². The second kappa shape index (κ2) is 11.7. The topological polar surface area (TPSA) is 56.7 Å². The minimum Gasteiger partial charge on any atom is -0.456 e. The summed E-state index contributed by atoms with van der Waals surface area (Å²) in [5.41, 5.74) is 7.56. The molecule has 0 N–H and O–H groups in total. The van der Waals surface area contributed by atoms with Gasteiger partial charge in [-0.25, -0.2) is 15.0 Å². The van der Waals surface area contributed by atoms with Gasteiger partial charge in [0.25, 0.3) is 0 Å². The second-order valence-corrected chi connectivity index (χ2v) is 15.0. The van der Waals surface area contributed by atoms with Crippen molar-refractivity contribution in [2.75, 3.05) is 0 Å². The number of fused-ring (bicyclic) bond motifs is 10.